The predicted octanol–water partition coefficient (Wildman–Crippen LogP) is 2.00. The molecule has 0 radical (unpaired) electrons. The average Bonchev–Trinajstić information content (AvgIpc) is 3.33. The molecule has 1 atom stereocenters. The highest BCUT2D eigenvalue weighted by Gasteiger charge is 2.29. The summed E-state index contributed by atoms with van der Waals surface area (Å²) in [4.78, 5) is 34.0. The Kier molecular flexibility index (Phi) is 5.09. The molecule has 0 bridgehead atoms. The molecule has 8 nitrogen and oxygen atoms in total. The minimum absolute atomic E-state index is 0.0332. The molecule has 2 aliphatic rings. The number of aryl methyl sites for hydroxylation is 3. The van der Waals surface area contributed by atoms with Gasteiger partial charge in [-0.1, -0.05) is 5.16 Å². The lowest BCUT2D eigenvalue weighted by Crippen LogP contribution is -2.40. The van der Waals surface area contributed by atoms with E-state index in [1.54, 1.807) is 28.2 Å². The summed E-state index contributed by atoms with van der Waals surface area (Å²) in [5, 5.41) is 7.94. The Morgan fingerprint density at radius 1 is 1.36 bits per heavy atom. The summed E-state index contributed by atoms with van der Waals surface area (Å²) in [6, 6.07) is 0.0332. The van der Waals surface area contributed by atoms with Crippen molar-refractivity contribution < 1.29 is 14.1 Å². The van der Waals surface area contributed by atoms with E-state index in [1.807, 2.05) is 13.8 Å². The second-order valence-corrected chi connectivity index (χ2v) is 8.59. The fraction of sp³-hybridized carbons (Fsp3) is 0.579. The van der Waals surface area contributed by atoms with Crippen molar-refractivity contribution in [1.29, 1.82) is 0 Å². The highest BCUT2D eigenvalue weighted by Crippen LogP contribution is 2.36. The zero-order valence-electron chi connectivity index (χ0n) is 16.4. The topological polar surface area (TPSA) is 91.6 Å². The SMILES string of the molecule is Cc1noc(C)c1-c1nc2c(s1)CCC(C(=O)NCCN1CCN(C)C1=O)C2. The van der Waals surface area contributed by atoms with E-state index in [9.17, 15) is 9.59 Å². The first-order chi connectivity index (χ1) is 13.4. The van der Waals surface area contributed by atoms with Gasteiger partial charge in [-0.15, -0.1) is 11.3 Å². The normalized spacial score (nSPS) is 19.2. The molecule has 1 aliphatic heterocycles. The summed E-state index contributed by atoms with van der Waals surface area (Å²) in [5.41, 5.74) is 2.84. The molecule has 1 saturated heterocycles. The molecule has 2 aromatic rings. The molecule has 2 aromatic heterocycles. The molecule has 9 heteroatoms. The molecule has 150 valence electrons. The van der Waals surface area contributed by atoms with Gasteiger partial charge in [-0.05, 0) is 26.7 Å². The largest absolute Gasteiger partial charge is 0.361 e. The lowest BCUT2D eigenvalue weighted by atomic mass is 9.90. The zero-order valence-corrected chi connectivity index (χ0v) is 17.3. The van der Waals surface area contributed by atoms with E-state index in [-0.39, 0.29) is 17.9 Å². The van der Waals surface area contributed by atoms with Gasteiger partial charge < -0.3 is 19.6 Å². The van der Waals surface area contributed by atoms with Crippen LogP contribution in [0.2, 0.25) is 0 Å². The van der Waals surface area contributed by atoms with Crippen molar-refractivity contribution >= 4 is 23.3 Å². The molecule has 3 heterocycles. The van der Waals surface area contributed by atoms with Crippen molar-refractivity contribution in [3.63, 3.8) is 0 Å². The van der Waals surface area contributed by atoms with Crippen molar-refractivity contribution in [1.82, 2.24) is 25.3 Å². The number of carbonyl (C=O) groups is 2. The number of fused-ring (bicyclic) bond motifs is 1. The van der Waals surface area contributed by atoms with Gasteiger partial charge >= 0.3 is 6.03 Å². The third kappa shape index (κ3) is 3.50. The van der Waals surface area contributed by atoms with Gasteiger partial charge in [0.25, 0.3) is 0 Å². The van der Waals surface area contributed by atoms with Crippen LogP contribution in [0.4, 0.5) is 4.79 Å². The number of carbonyl (C=O) groups excluding carboxylic acids is 2. The highest BCUT2D eigenvalue weighted by molar-refractivity contribution is 7.15. The van der Waals surface area contributed by atoms with Crippen LogP contribution in [0.25, 0.3) is 10.6 Å². The van der Waals surface area contributed by atoms with Crippen LogP contribution < -0.4 is 5.32 Å². The standard InChI is InChI=1S/C19H25N5O3S/c1-11-16(12(2)27-22-11)18-21-14-10-13(4-5-15(14)28-18)17(25)20-6-7-24-9-8-23(3)19(24)26/h13H,4-10H2,1-3H3,(H,20,25). The Balaban J connectivity index is 1.35. The molecular weight excluding hydrogens is 378 g/mol. The number of thiazole rings is 1. The second kappa shape index (κ2) is 7.54. The summed E-state index contributed by atoms with van der Waals surface area (Å²) >= 11 is 1.68. The third-order valence-electron chi connectivity index (χ3n) is 5.54. The van der Waals surface area contributed by atoms with E-state index in [4.69, 9.17) is 9.51 Å². The number of rotatable bonds is 5. The lowest BCUT2D eigenvalue weighted by molar-refractivity contribution is -0.125. The van der Waals surface area contributed by atoms with Crippen molar-refractivity contribution in [2.45, 2.75) is 33.1 Å². The van der Waals surface area contributed by atoms with Crippen LogP contribution >= 0.6 is 11.3 Å². The molecule has 0 aromatic carbocycles. The van der Waals surface area contributed by atoms with E-state index in [0.29, 0.717) is 19.5 Å². The number of urea groups is 1. The van der Waals surface area contributed by atoms with Crippen molar-refractivity contribution in [2.24, 2.45) is 5.92 Å². The van der Waals surface area contributed by atoms with Crippen LogP contribution in [0.1, 0.15) is 28.4 Å². The van der Waals surface area contributed by atoms with Gasteiger partial charge in [0, 0.05) is 50.4 Å². The summed E-state index contributed by atoms with van der Waals surface area (Å²) in [6.45, 7) is 6.33. The highest BCUT2D eigenvalue weighted by atomic mass is 32.1. The number of hydrogen-bond donors (Lipinski definition) is 1. The number of hydrogen-bond acceptors (Lipinski definition) is 6. The number of nitrogens with zero attached hydrogens (tertiary/aromatic N) is 4. The minimum Gasteiger partial charge on any atom is -0.361 e. The molecule has 1 N–H and O–H groups in total. The lowest BCUT2D eigenvalue weighted by Gasteiger charge is -2.21. The van der Waals surface area contributed by atoms with Crippen LogP contribution in [-0.2, 0) is 17.6 Å². The fourth-order valence-electron chi connectivity index (χ4n) is 3.87. The molecule has 1 fully saturated rings. The van der Waals surface area contributed by atoms with Gasteiger partial charge in [-0.3, -0.25) is 4.79 Å². The first-order valence-electron chi connectivity index (χ1n) is 9.63. The zero-order chi connectivity index (χ0) is 19.8. The smallest absolute Gasteiger partial charge is 0.319 e. The van der Waals surface area contributed by atoms with E-state index in [0.717, 1.165) is 53.7 Å². The van der Waals surface area contributed by atoms with Gasteiger partial charge in [0.2, 0.25) is 5.91 Å². The van der Waals surface area contributed by atoms with Gasteiger partial charge in [-0.2, -0.15) is 0 Å². The monoisotopic (exact) mass is 403 g/mol. The molecule has 1 unspecified atom stereocenters. The van der Waals surface area contributed by atoms with E-state index in [2.05, 4.69) is 10.5 Å². The van der Waals surface area contributed by atoms with Crippen molar-refractivity contribution in [2.75, 3.05) is 33.2 Å². The van der Waals surface area contributed by atoms with Gasteiger partial charge in [0.1, 0.15) is 10.8 Å². The summed E-state index contributed by atoms with van der Waals surface area (Å²) in [6.07, 6.45) is 2.35. The first kappa shape index (κ1) is 18.9. The Morgan fingerprint density at radius 2 is 2.18 bits per heavy atom. The number of nitrogens with one attached hydrogen (secondary N) is 1. The van der Waals surface area contributed by atoms with E-state index in [1.165, 1.54) is 4.88 Å². The summed E-state index contributed by atoms with van der Waals surface area (Å²) < 4.78 is 5.26. The van der Waals surface area contributed by atoms with E-state index >= 15 is 0 Å². The fourth-order valence-corrected chi connectivity index (χ4v) is 5.12. The molecule has 28 heavy (non-hydrogen) atoms. The van der Waals surface area contributed by atoms with Crippen LogP contribution in [0.3, 0.4) is 0 Å². The Morgan fingerprint density at radius 3 is 2.86 bits per heavy atom. The van der Waals surface area contributed by atoms with Gasteiger partial charge in [0.05, 0.1) is 17.0 Å². The summed E-state index contributed by atoms with van der Waals surface area (Å²) in [7, 11) is 1.80. The van der Waals surface area contributed by atoms with Crippen LogP contribution in [-0.4, -0.2) is 65.1 Å². The molecule has 0 spiro atoms. The van der Waals surface area contributed by atoms with Gasteiger partial charge in [-0.25, -0.2) is 9.78 Å². The maximum absolute atomic E-state index is 12.6. The quantitative estimate of drug-likeness (QED) is 0.825. The van der Waals surface area contributed by atoms with Gasteiger partial charge in [0.15, 0.2) is 0 Å². The maximum atomic E-state index is 12.6. The first-order valence-corrected chi connectivity index (χ1v) is 10.4. The van der Waals surface area contributed by atoms with Crippen LogP contribution in [0.15, 0.2) is 4.52 Å². The average molecular weight is 404 g/mol. The third-order valence-corrected chi connectivity index (χ3v) is 6.71. The van der Waals surface area contributed by atoms with Crippen LogP contribution in [0, 0.1) is 19.8 Å². The van der Waals surface area contributed by atoms with Crippen molar-refractivity contribution in [3.8, 4) is 10.6 Å². The Bertz CT molecular complexity index is 886. The Hall–Kier alpha value is -2.42. The molecular formula is C19H25N5O3S. The second-order valence-electron chi connectivity index (χ2n) is 7.51. The minimum atomic E-state index is -0.0657. The molecule has 4 rings (SSSR count). The van der Waals surface area contributed by atoms with E-state index < -0.39 is 0 Å². The predicted molar refractivity (Wildman–Crippen MR) is 105 cm³/mol. The molecule has 0 saturated carbocycles. The molecule has 1 aliphatic carbocycles. The molecule has 3 amide bonds. The number of amides is 3. The van der Waals surface area contributed by atoms with Crippen molar-refractivity contribution in [3.05, 3.63) is 22.0 Å². The number of likely N-dealkylation sites (N-methyl/N-ethyl adjacent to an activating group) is 1. The number of aromatic nitrogens is 2. The van der Waals surface area contributed by atoms with Crippen LogP contribution in [0.5, 0.6) is 0 Å². The summed E-state index contributed by atoms with van der Waals surface area (Å²) in [5.74, 6) is 0.765. The maximum Gasteiger partial charge on any atom is 0.319 e. The Labute approximate surface area is 167 Å².